The van der Waals surface area contributed by atoms with Crippen LogP contribution in [0.3, 0.4) is 0 Å². The van der Waals surface area contributed by atoms with Gasteiger partial charge in [-0.1, -0.05) is 6.92 Å². The number of nitrogens with one attached hydrogen (secondary N) is 1. The van der Waals surface area contributed by atoms with Gasteiger partial charge in [-0.15, -0.1) is 11.3 Å². The van der Waals surface area contributed by atoms with Crippen molar-refractivity contribution < 1.29 is 0 Å². The second-order valence-corrected chi connectivity index (χ2v) is 6.56. The normalized spacial score (nSPS) is 18.7. The molecule has 0 atom stereocenters. The van der Waals surface area contributed by atoms with Crippen LogP contribution in [0.4, 0.5) is 0 Å². The average molecular weight is 267 g/mol. The van der Waals surface area contributed by atoms with Gasteiger partial charge >= 0.3 is 0 Å². The SMILES string of the molecule is CCc1cnc(CNC2CCN(C(C)C)CC2)s1. The molecule has 1 saturated heterocycles. The van der Waals surface area contributed by atoms with E-state index < -0.39 is 0 Å². The minimum absolute atomic E-state index is 0.675. The number of likely N-dealkylation sites (tertiary alicyclic amines) is 1. The van der Waals surface area contributed by atoms with E-state index in [1.807, 2.05) is 17.5 Å². The molecule has 1 aliphatic rings. The van der Waals surface area contributed by atoms with Crippen LogP contribution >= 0.6 is 11.3 Å². The Morgan fingerprint density at radius 3 is 2.72 bits per heavy atom. The van der Waals surface area contributed by atoms with Crippen LogP contribution in [-0.4, -0.2) is 35.1 Å². The molecule has 0 saturated carbocycles. The number of aromatic nitrogens is 1. The molecule has 2 heterocycles. The van der Waals surface area contributed by atoms with Crippen molar-refractivity contribution in [2.45, 2.75) is 58.7 Å². The van der Waals surface area contributed by atoms with Gasteiger partial charge in [-0.05, 0) is 46.2 Å². The lowest BCUT2D eigenvalue weighted by atomic mass is 10.0. The van der Waals surface area contributed by atoms with Gasteiger partial charge in [-0.25, -0.2) is 4.98 Å². The molecule has 1 aromatic rings. The van der Waals surface area contributed by atoms with E-state index in [1.54, 1.807) is 0 Å². The van der Waals surface area contributed by atoms with Gasteiger partial charge in [-0.3, -0.25) is 0 Å². The zero-order valence-corrected chi connectivity index (χ0v) is 12.6. The Labute approximate surface area is 115 Å². The van der Waals surface area contributed by atoms with Gasteiger partial charge < -0.3 is 10.2 Å². The zero-order valence-electron chi connectivity index (χ0n) is 11.8. The van der Waals surface area contributed by atoms with Crippen LogP contribution < -0.4 is 5.32 Å². The number of hydrogen-bond acceptors (Lipinski definition) is 4. The van der Waals surface area contributed by atoms with Gasteiger partial charge in [0.2, 0.25) is 0 Å². The summed E-state index contributed by atoms with van der Waals surface area (Å²) < 4.78 is 0. The summed E-state index contributed by atoms with van der Waals surface area (Å²) in [7, 11) is 0. The van der Waals surface area contributed by atoms with Crippen LogP contribution in [0.5, 0.6) is 0 Å². The van der Waals surface area contributed by atoms with Gasteiger partial charge in [-0.2, -0.15) is 0 Å². The predicted molar refractivity (Wildman–Crippen MR) is 78.1 cm³/mol. The van der Waals surface area contributed by atoms with E-state index in [2.05, 4.69) is 36.0 Å². The molecule has 0 unspecified atom stereocenters. The molecule has 18 heavy (non-hydrogen) atoms. The summed E-state index contributed by atoms with van der Waals surface area (Å²) in [6.45, 7) is 10.2. The van der Waals surface area contributed by atoms with E-state index in [9.17, 15) is 0 Å². The fraction of sp³-hybridized carbons (Fsp3) is 0.786. The number of hydrogen-bond donors (Lipinski definition) is 1. The molecule has 0 amide bonds. The zero-order chi connectivity index (χ0) is 13.0. The maximum atomic E-state index is 4.46. The first-order valence-electron chi connectivity index (χ1n) is 7.10. The van der Waals surface area contributed by atoms with Gasteiger partial charge in [0, 0.05) is 29.7 Å². The first-order chi connectivity index (χ1) is 8.69. The van der Waals surface area contributed by atoms with Crippen molar-refractivity contribution in [3.05, 3.63) is 16.1 Å². The lowest BCUT2D eigenvalue weighted by molar-refractivity contribution is 0.161. The lowest BCUT2D eigenvalue weighted by Crippen LogP contribution is -2.44. The molecule has 3 nitrogen and oxygen atoms in total. The van der Waals surface area contributed by atoms with Gasteiger partial charge in [0.05, 0.1) is 0 Å². The topological polar surface area (TPSA) is 28.2 Å². The molecule has 0 spiro atoms. The van der Waals surface area contributed by atoms with Crippen molar-refractivity contribution in [2.24, 2.45) is 0 Å². The second kappa shape index (κ2) is 6.64. The third-order valence-electron chi connectivity index (χ3n) is 3.75. The molecule has 0 radical (unpaired) electrons. The molecule has 0 aromatic carbocycles. The Balaban J connectivity index is 1.72. The summed E-state index contributed by atoms with van der Waals surface area (Å²) >= 11 is 1.84. The van der Waals surface area contributed by atoms with Crippen LogP contribution in [0.15, 0.2) is 6.20 Å². The fourth-order valence-electron chi connectivity index (χ4n) is 2.44. The van der Waals surface area contributed by atoms with Crippen LogP contribution in [0.1, 0.15) is 43.5 Å². The van der Waals surface area contributed by atoms with E-state index in [0.29, 0.717) is 12.1 Å². The van der Waals surface area contributed by atoms with Gasteiger partial charge in [0.1, 0.15) is 5.01 Å². The fourth-order valence-corrected chi connectivity index (χ4v) is 3.26. The summed E-state index contributed by atoms with van der Waals surface area (Å²) in [4.78, 5) is 8.42. The molecule has 1 N–H and O–H groups in total. The maximum absolute atomic E-state index is 4.46. The Kier molecular flexibility index (Phi) is 5.15. The Hall–Kier alpha value is -0.450. The number of thiazole rings is 1. The average Bonchev–Trinajstić information content (AvgIpc) is 2.85. The van der Waals surface area contributed by atoms with Crippen molar-refractivity contribution in [3.63, 3.8) is 0 Å². The van der Waals surface area contributed by atoms with E-state index in [-0.39, 0.29) is 0 Å². The van der Waals surface area contributed by atoms with Crippen molar-refractivity contribution in [1.29, 1.82) is 0 Å². The Bertz CT molecular complexity index is 354. The van der Waals surface area contributed by atoms with Crippen LogP contribution in [0.25, 0.3) is 0 Å². The standard InChI is InChI=1S/C14H25N3S/c1-4-13-9-16-14(18-13)10-15-12-5-7-17(8-6-12)11(2)3/h9,11-12,15H,4-8,10H2,1-3H3. The van der Waals surface area contributed by atoms with E-state index in [0.717, 1.165) is 13.0 Å². The van der Waals surface area contributed by atoms with E-state index in [4.69, 9.17) is 0 Å². The molecule has 1 aliphatic heterocycles. The number of aryl methyl sites for hydroxylation is 1. The molecule has 2 rings (SSSR count). The minimum atomic E-state index is 0.675. The van der Waals surface area contributed by atoms with Crippen molar-refractivity contribution in [3.8, 4) is 0 Å². The van der Waals surface area contributed by atoms with E-state index in [1.165, 1.54) is 35.8 Å². The molecular weight excluding hydrogens is 242 g/mol. The third-order valence-corrected chi connectivity index (χ3v) is 4.89. The van der Waals surface area contributed by atoms with Crippen molar-refractivity contribution >= 4 is 11.3 Å². The van der Waals surface area contributed by atoms with E-state index >= 15 is 0 Å². The largest absolute Gasteiger partial charge is 0.308 e. The van der Waals surface area contributed by atoms with Crippen LogP contribution in [0, 0.1) is 0 Å². The molecule has 4 heteroatoms. The smallest absolute Gasteiger partial charge is 0.107 e. The summed E-state index contributed by atoms with van der Waals surface area (Å²) in [6, 6.07) is 1.37. The predicted octanol–water partition coefficient (Wildman–Crippen LogP) is 2.67. The Morgan fingerprint density at radius 2 is 2.17 bits per heavy atom. The second-order valence-electron chi connectivity index (χ2n) is 5.36. The van der Waals surface area contributed by atoms with Crippen molar-refractivity contribution in [2.75, 3.05) is 13.1 Å². The lowest BCUT2D eigenvalue weighted by Gasteiger charge is -2.34. The highest BCUT2D eigenvalue weighted by molar-refractivity contribution is 7.11. The summed E-state index contributed by atoms with van der Waals surface area (Å²) in [5.74, 6) is 0. The monoisotopic (exact) mass is 267 g/mol. The summed E-state index contributed by atoms with van der Waals surface area (Å²) in [5.41, 5.74) is 0. The van der Waals surface area contributed by atoms with Gasteiger partial charge in [0.25, 0.3) is 0 Å². The summed E-state index contributed by atoms with van der Waals surface area (Å²) in [6.07, 6.45) is 5.65. The maximum Gasteiger partial charge on any atom is 0.107 e. The molecule has 1 fully saturated rings. The number of piperidine rings is 1. The molecule has 0 aliphatic carbocycles. The molecule has 102 valence electrons. The molecule has 0 bridgehead atoms. The van der Waals surface area contributed by atoms with Gasteiger partial charge in [0.15, 0.2) is 0 Å². The Morgan fingerprint density at radius 1 is 1.44 bits per heavy atom. The van der Waals surface area contributed by atoms with Crippen LogP contribution in [0.2, 0.25) is 0 Å². The highest BCUT2D eigenvalue weighted by atomic mass is 32.1. The minimum Gasteiger partial charge on any atom is -0.308 e. The van der Waals surface area contributed by atoms with Crippen LogP contribution in [-0.2, 0) is 13.0 Å². The molecular formula is C14H25N3S. The third kappa shape index (κ3) is 3.77. The quantitative estimate of drug-likeness (QED) is 0.889. The van der Waals surface area contributed by atoms with Crippen molar-refractivity contribution in [1.82, 2.24) is 15.2 Å². The highest BCUT2D eigenvalue weighted by Crippen LogP contribution is 2.16. The first kappa shape index (κ1) is 14.0. The number of rotatable bonds is 5. The molecule has 1 aromatic heterocycles. The highest BCUT2D eigenvalue weighted by Gasteiger charge is 2.20. The number of nitrogens with zero attached hydrogens (tertiary/aromatic N) is 2. The first-order valence-corrected chi connectivity index (χ1v) is 7.91. The summed E-state index contributed by atoms with van der Waals surface area (Å²) in [5, 5.41) is 4.89.